The van der Waals surface area contributed by atoms with Crippen molar-refractivity contribution in [1.82, 2.24) is 0 Å². The van der Waals surface area contributed by atoms with Gasteiger partial charge in [0.1, 0.15) is 6.29 Å². The van der Waals surface area contributed by atoms with Gasteiger partial charge in [0.15, 0.2) is 0 Å². The summed E-state index contributed by atoms with van der Waals surface area (Å²) in [5, 5.41) is 0. The van der Waals surface area contributed by atoms with Crippen molar-refractivity contribution >= 4 is 6.29 Å². The number of hydrogen-bond acceptors (Lipinski definition) is 1. The molecule has 1 saturated carbocycles. The lowest BCUT2D eigenvalue weighted by atomic mass is 9.54. The van der Waals surface area contributed by atoms with Crippen molar-refractivity contribution in [2.75, 3.05) is 0 Å². The van der Waals surface area contributed by atoms with E-state index in [4.69, 9.17) is 0 Å². The summed E-state index contributed by atoms with van der Waals surface area (Å²) in [7, 11) is 0. The van der Waals surface area contributed by atoms with E-state index in [1.807, 2.05) is 0 Å². The second-order valence-corrected chi connectivity index (χ2v) is 9.75. The van der Waals surface area contributed by atoms with Crippen LogP contribution in [-0.4, -0.2) is 6.29 Å². The van der Waals surface area contributed by atoms with Gasteiger partial charge in [-0.25, -0.2) is 0 Å². The Hall–Kier alpha value is -0.330. The summed E-state index contributed by atoms with van der Waals surface area (Å²) in [6.07, 6.45) is 28.4. The Kier molecular flexibility index (Phi) is 13.4. The SMILES string of the molecule is CCCCCC(CC)(CCCCCCC=O)C1(C)CCCCCCCCC1. The van der Waals surface area contributed by atoms with Crippen LogP contribution in [0.2, 0.25) is 0 Å². The number of carbonyl (C=O) groups excluding carboxylic acids is 1. The lowest BCUT2D eigenvalue weighted by Crippen LogP contribution is -2.40. The maximum absolute atomic E-state index is 10.6. The van der Waals surface area contributed by atoms with Gasteiger partial charge in [0.2, 0.25) is 0 Å². The molecule has 1 atom stereocenters. The molecule has 1 nitrogen and oxygen atoms in total. The highest BCUT2D eigenvalue weighted by atomic mass is 16.1. The molecule has 0 amide bonds. The molecule has 0 aromatic rings. The maximum atomic E-state index is 10.6. The second-order valence-electron chi connectivity index (χ2n) is 9.75. The third kappa shape index (κ3) is 8.70. The Bertz CT molecular complexity index is 351. The summed E-state index contributed by atoms with van der Waals surface area (Å²) in [4.78, 5) is 10.6. The normalized spacial score (nSPS) is 20.7. The molecule has 0 N–H and O–H groups in total. The van der Waals surface area contributed by atoms with Gasteiger partial charge < -0.3 is 4.79 Å². The van der Waals surface area contributed by atoms with Crippen molar-refractivity contribution in [3.05, 3.63) is 0 Å². The molecule has 0 heterocycles. The standard InChI is InChI=1S/C26H50O/c1-4-6-15-22-26(5-2,23-18-13-10-14-19-24-27)25(3)20-16-11-8-7-9-12-17-21-25/h24H,4-23H2,1-3H3. The summed E-state index contributed by atoms with van der Waals surface area (Å²) in [5.74, 6) is 0. The van der Waals surface area contributed by atoms with Gasteiger partial charge in [-0.2, -0.15) is 0 Å². The summed E-state index contributed by atoms with van der Waals surface area (Å²) >= 11 is 0. The molecule has 0 spiro atoms. The van der Waals surface area contributed by atoms with Crippen molar-refractivity contribution < 1.29 is 4.79 Å². The zero-order valence-corrected chi connectivity index (χ0v) is 19.1. The Morgan fingerprint density at radius 3 is 1.78 bits per heavy atom. The summed E-state index contributed by atoms with van der Waals surface area (Å²) in [6.45, 7) is 7.50. The predicted octanol–water partition coefficient (Wildman–Crippen LogP) is 9.03. The molecule has 160 valence electrons. The zero-order chi connectivity index (χ0) is 19.8. The average molecular weight is 379 g/mol. The highest BCUT2D eigenvalue weighted by molar-refractivity contribution is 5.48. The first-order valence-electron chi connectivity index (χ1n) is 12.6. The fraction of sp³-hybridized carbons (Fsp3) is 0.962. The third-order valence-corrected chi connectivity index (χ3v) is 7.90. The van der Waals surface area contributed by atoms with Gasteiger partial charge in [-0.05, 0) is 49.4 Å². The van der Waals surface area contributed by atoms with Crippen LogP contribution in [0.25, 0.3) is 0 Å². The first-order valence-corrected chi connectivity index (χ1v) is 12.6. The molecule has 27 heavy (non-hydrogen) atoms. The van der Waals surface area contributed by atoms with E-state index in [1.165, 1.54) is 116 Å². The average Bonchev–Trinajstić information content (AvgIpc) is 2.68. The van der Waals surface area contributed by atoms with Crippen molar-refractivity contribution in [3.63, 3.8) is 0 Å². The molecule has 1 rings (SSSR count). The molecule has 0 bridgehead atoms. The fourth-order valence-electron chi connectivity index (χ4n) is 5.84. The van der Waals surface area contributed by atoms with Gasteiger partial charge in [-0.15, -0.1) is 0 Å². The van der Waals surface area contributed by atoms with Gasteiger partial charge >= 0.3 is 0 Å². The Morgan fingerprint density at radius 1 is 0.741 bits per heavy atom. The summed E-state index contributed by atoms with van der Waals surface area (Å²) < 4.78 is 0. The Morgan fingerprint density at radius 2 is 1.26 bits per heavy atom. The molecular formula is C26H50O. The minimum Gasteiger partial charge on any atom is -0.303 e. The minimum atomic E-state index is 0.537. The number of carbonyl (C=O) groups is 1. The molecule has 1 aliphatic rings. The van der Waals surface area contributed by atoms with E-state index in [1.54, 1.807) is 0 Å². The largest absolute Gasteiger partial charge is 0.303 e. The molecular weight excluding hydrogens is 328 g/mol. The van der Waals surface area contributed by atoms with Gasteiger partial charge in [0, 0.05) is 6.42 Å². The van der Waals surface area contributed by atoms with E-state index in [-0.39, 0.29) is 0 Å². The molecule has 1 heteroatoms. The van der Waals surface area contributed by atoms with Crippen molar-refractivity contribution in [2.24, 2.45) is 10.8 Å². The number of rotatable bonds is 13. The number of aldehydes is 1. The smallest absolute Gasteiger partial charge is 0.119 e. The van der Waals surface area contributed by atoms with Crippen LogP contribution in [0, 0.1) is 10.8 Å². The first-order chi connectivity index (χ1) is 13.1. The topological polar surface area (TPSA) is 17.1 Å². The molecule has 0 saturated heterocycles. The molecule has 1 fully saturated rings. The van der Waals surface area contributed by atoms with Crippen molar-refractivity contribution in [1.29, 1.82) is 0 Å². The van der Waals surface area contributed by atoms with E-state index in [0.29, 0.717) is 10.8 Å². The van der Waals surface area contributed by atoms with Crippen LogP contribution in [0.15, 0.2) is 0 Å². The van der Waals surface area contributed by atoms with Gasteiger partial charge in [0.25, 0.3) is 0 Å². The van der Waals surface area contributed by atoms with Gasteiger partial charge in [-0.1, -0.05) is 104 Å². The zero-order valence-electron chi connectivity index (χ0n) is 19.1. The van der Waals surface area contributed by atoms with Crippen LogP contribution in [0.4, 0.5) is 0 Å². The maximum Gasteiger partial charge on any atom is 0.119 e. The lowest BCUT2D eigenvalue weighted by Gasteiger charge is -2.50. The van der Waals surface area contributed by atoms with E-state index in [0.717, 1.165) is 19.1 Å². The monoisotopic (exact) mass is 378 g/mol. The van der Waals surface area contributed by atoms with Crippen LogP contribution in [-0.2, 0) is 4.79 Å². The summed E-state index contributed by atoms with van der Waals surface area (Å²) in [5.41, 5.74) is 1.08. The van der Waals surface area contributed by atoms with Crippen LogP contribution in [0.5, 0.6) is 0 Å². The Balaban J connectivity index is 2.80. The van der Waals surface area contributed by atoms with E-state index >= 15 is 0 Å². The van der Waals surface area contributed by atoms with E-state index in [9.17, 15) is 4.79 Å². The molecule has 0 aromatic carbocycles. The van der Waals surface area contributed by atoms with Crippen LogP contribution < -0.4 is 0 Å². The fourth-order valence-corrected chi connectivity index (χ4v) is 5.84. The van der Waals surface area contributed by atoms with Crippen LogP contribution in [0.1, 0.15) is 149 Å². The van der Waals surface area contributed by atoms with Gasteiger partial charge in [-0.3, -0.25) is 0 Å². The predicted molar refractivity (Wildman–Crippen MR) is 120 cm³/mol. The highest BCUT2D eigenvalue weighted by Gasteiger charge is 2.44. The van der Waals surface area contributed by atoms with Crippen LogP contribution >= 0.6 is 0 Å². The number of hydrogen-bond donors (Lipinski definition) is 0. The molecule has 1 unspecified atom stereocenters. The number of unbranched alkanes of at least 4 members (excludes halogenated alkanes) is 6. The molecule has 0 radical (unpaired) electrons. The van der Waals surface area contributed by atoms with Crippen molar-refractivity contribution in [2.45, 2.75) is 149 Å². The van der Waals surface area contributed by atoms with Crippen molar-refractivity contribution in [3.8, 4) is 0 Å². The molecule has 0 aromatic heterocycles. The van der Waals surface area contributed by atoms with E-state index < -0.39 is 0 Å². The molecule has 1 aliphatic carbocycles. The highest BCUT2D eigenvalue weighted by Crippen LogP contribution is 2.55. The quantitative estimate of drug-likeness (QED) is 0.231. The second kappa shape index (κ2) is 14.6. The minimum absolute atomic E-state index is 0.537. The first kappa shape index (κ1) is 24.7. The van der Waals surface area contributed by atoms with Gasteiger partial charge in [0.05, 0.1) is 0 Å². The molecule has 0 aliphatic heterocycles. The summed E-state index contributed by atoms with van der Waals surface area (Å²) in [6, 6.07) is 0. The lowest BCUT2D eigenvalue weighted by molar-refractivity contribution is -0.107. The Labute approximate surface area is 171 Å². The third-order valence-electron chi connectivity index (χ3n) is 7.90. The van der Waals surface area contributed by atoms with Crippen LogP contribution in [0.3, 0.4) is 0 Å². The van der Waals surface area contributed by atoms with E-state index in [2.05, 4.69) is 20.8 Å².